The van der Waals surface area contributed by atoms with Gasteiger partial charge in [0, 0.05) is 0 Å². The van der Waals surface area contributed by atoms with Gasteiger partial charge in [0.1, 0.15) is 0 Å². The summed E-state index contributed by atoms with van der Waals surface area (Å²) in [6, 6.07) is 2.43. The summed E-state index contributed by atoms with van der Waals surface area (Å²) in [6.45, 7) is 5.85. The number of hydrogen-bond acceptors (Lipinski definition) is 2. The van der Waals surface area contributed by atoms with E-state index < -0.39 is 11.0 Å². The Labute approximate surface area is 93.3 Å². The standard InChI is InChI=1S/C13H23NO/c1-11(2)12(3,15)13(10-14)8-6-4-5-7-9-13/h11,15H,4-9H2,1-3H3. The van der Waals surface area contributed by atoms with E-state index in [1.165, 1.54) is 12.8 Å². The normalized spacial score (nSPS) is 25.3. The molecule has 0 aromatic heterocycles. The molecular formula is C13H23NO. The van der Waals surface area contributed by atoms with Crippen molar-refractivity contribution in [3.63, 3.8) is 0 Å². The van der Waals surface area contributed by atoms with Gasteiger partial charge in [0.25, 0.3) is 0 Å². The molecule has 0 aromatic rings. The fourth-order valence-electron chi connectivity index (χ4n) is 2.62. The molecular weight excluding hydrogens is 186 g/mol. The minimum absolute atomic E-state index is 0.134. The van der Waals surface area contributed by atoms with Crippen molar-refractivity contribution in [3.8, 4) is 6.07 Å². The zero-order valence-electron chi connectivity index (χ0n) is 10.2. The second-order valence-corrected chi connectivity index (χ2v) is 5.41. The van der Waals surface area contributed by atoms with Gasteiger partial charge in [0.2, 0.25) is 0 Å². The molecule has 15 heavy (non-hydrogen) atoms. The lowest BCUT2D eigenvalue weighted by atomic mass is 9.64. The van der Waals surface area contributed by atoms with E-state index in [1.807, 2.05) is 20.8 Å². The van der Waals surface area contributed by atoms with Crippen LogP contribution in [0.15, 0.2) is 0 Å². The zero-order valence-corrected chi connectivity index (χ0v) is 10.2. The fraction of sp³-hybridized carbons (Fsp3) is 0.923. The van der Waals surface area contributed by atoms with Crippen molar-refractivity contribution in [2.24, 2.45) is 11.3 Å². The van der Waals surface area contributed by atoms with E-state index >= 15 is 0 Å². The van der Waals surface area contributed by atoms with E-state index in [0.29, 0.717) is 0 Å². The maximum absolute atomic E-state index is 10.6. The van der Waals surface area contributed by atoms with Crippen molar-refractivity contribution in [1.82, 2.24) is 0 Å². The third-order valence-corrected chi connectivity index (χ3v) is 4.26. The molecule has 0 bridgehead atoms. The second-order valence-electron chi connectivity index (χ2n) is 5.41. The molecule has 1 unspecified atom stereocenters. The van der Waals surface area contributed by atoms with Crippen molar-refractivity contribution < 1.29 is 5.11 Å². The zero-order chi connectivity index (χ0) is 11.5. The first-order chi connectivity index (χ1) is 6.96. The van der Waals surface area contributed by atoms with E-state index in [1.54, 1.807) is 0 Å². The van der Waals surface area contributed by atoms with Crippen molar-refractivity contribution in [3.05, 3.63) is 0 Å². The molecule has 1 atom stereocenters. The molecule has 1 aliphatic rings. The summed E-state index contributed by atoms with van der Waals surface area (Å²) in [5, 5.41) is 20.0. The average molecular weight is 209 g/mol. The molecule has 1 fully saturated rings. The van der Waals surface area contributed by atoms with Crippen LogP contribution in [0.3, 0.4) is 0 Å². The predicted octanol–water partition coefficient (Wildman–Crippen LogP) is 3.26. The first-order valence-electron chi connectivity index (χ1n) is 6.10. The first-order valence-corrected chi connectivity index (χ1v) is 6.10. The Bertz CT molecular complexity index is 242. The van der Waals surface area contributed by atoms with Gasteiger partial charge in [-0.05, 0) is 25.7 Å². The Kier molecular flexibility index (Phi) is 3.78. The second kappa shape index (κ2) is 4.53. The maximum atomic E-state index is 10.6. The van der Waals surface area contributed by atoms with Crippen LogP contribution in [-0.4, -0.2) is 10.7 Å². The van der Waals surface area contributed by atoms with E-state index in [4.69, 9.17) is 0 Å². The lowest BCUT2D eigenvalue weighted by molar-refractivity contribution is -0.0832. The molecule has 1 rings (SSSR count). The molecule has 1 aliphatic carbocycles. The van der Waals surface area contributed by atoms with Crippen LogP contribution >= 0.6 is 0 Å². The number of hydrogen-bond donors (Lipinski definition) is 1. The monoisotopic (exact) mass is 209 g/mol. The number of rotatable bonds is 2. The van der Waals surface area contributed by atoms with Gasteiger partial charge in [-0.15, -0.1) is 0 Å². The Morgan fingerprint density at radius 1 is 1.20 bits per heavy atom. The Hall–Kier alpha value is -0.550. The lowest BCUT2D eigenvalue weighted by Crippen LogP contribution is -2.48. The molecule has 1 saturated carbocycles. The van der Waals surface area contributed by atoms with E-state index in [9.17, 15) is 10.4 Å². The lowest BCUT2D eigenvalue weighted by Gasteiger charge is -2.42. The summed E-state index contributed by atoms with van der Waals surface area (Å²) in [5.41, 5.74) is -1.37. The number of nitrogens with zero attached hydrogens (tertiary/aromatic N) is 1. The van der Waals surface area contributed by atoms with Crippen molar-refractivity contribution in [2.75, 3.05) is 0 Å². The summed E-state index contributed by atoms with van der Waals surface area (Å²) in [4.78, 5) is 0. The van der Waals surface area contributed by atoms with Crippen LogP contribution in [0.1, 0.15) is 59.3 Å². The smallest absolute Gasteiger partial charge is 0.0860 e. The first kappa shape index (κ1) is 12.5. The Morgan fingerprint density at radius 3 is 2.00 bits per heavy atom. The minimum Gasteiger partial charge on any atom is -0.388 e. The van der Waals surface area contributed by atoms with Crippen molar-refractivity contribution >= 4 is 0 Å². The molecule has 2 nitrogen and oxygen atoms in total. The van der Waals surface area contributed by atoms with Gasteiger partial charge in [0.05, 0.1) is 17.1 Å². The van der Waals surface area contributed by atoms with Gasteiger partial charge in [0.15, 0.2) is 0 Å². The van der Waals surface area contributed by atoms with Gasteiger partial charge >= 0.3 is 0 Å². The van der Waals surface area contributed by atoms with Gasteiger partial charge < -0.3 is 5.11 Å². The molecule has 0 heterocycles. The summed E-state index contributed by atoms with van der Waals surface area (Å²) in [7, 11) is 0. The highest BCUT2D eigenvalue weighted by Crippen LogP contribution is 2.46. The molecule has 0 aromatic carbocycles. The third kappa shape index (κ3) is 2.18. The molecule has 0 saturated heterocycles. The highest BCUT2D eigenvalue weighted by atomic mass is 16.3. The quantitative estimate of drug-likeness (QED) is 0.709. The number of aliphatic hydroxyl groups is 1. The molecule has 0 spiro atoms. The topological polar surface area (TPSA) is 44.0 Å². The summed E-state index contributed by atoms with van der Waals surface area (Å²) >= 11 is 0. The SMILES string of the molecule is CC(C)C(C)(O)C1(C#N)CCCCCC1. The van der Waals surface area contributed by atoms with Gasteiger partial charge in [-0.3, -0.25) is 0 Å². The molecule has 2 heteroatoms. The van der Waals surface area contributed by atoms with Crippen LogP contribution in [-0.2, 0) is 0 Å². The van der Waals surface area contributed by atoms with Crippen LogP contribution in [0.4, 0.5) is 0 Å². The minimum atomic E-state index is -0.855. The van der Waals surface area contributed by atoms with Crippen molar-refractivity contribution in [1.29, 1.82) is 5.26 Å². The van der Waals surface area contributed by atoms with Gasteiger partial charge in [-0.2, -0.15) is 5.26 Å². The molecule has 0 radical (unpaired) electrons. The predicted molar refractivity (Wildman–Crippen MR) is 61.2 cm³/mol. The van der Waals surface area contributed by atoms with Gasteiger partial charge in [-0.25, -0.2) is 0 Å². The van der Waals surface area contributed by atoms with Crippen LogP contribution < -0.4 is 0 Å². The Morgan fingerprint density at radius 2 is 1.67 bits per heavy atom. The maximum Gasteiger partial charge on any atom is 0.0860 e. The van der Waals surface area contributed by atoms with Gasteiger partial charge in [-0.1, -0.05) is 39.5 Å². The summed E-state index contributed by atoms with van der Waals surface area (Å²) in [5.74, 6) is 0.134. The highest BCUT2D eigenvalue weighted by molar-refractivity contribution is 5.11. The fourth-order valence-corrected chi connectivity index (χ4v) is 2.62. The van der Waals surface area contributed by atoms with E-state index in [0.717, 1.165) is 25.7 Å². The third-order valence-electron chi connectivity index (χ3n) is 4.26. The molecule has 0 amide bonds. The molecule has 86 valence electrons. The molecule has 1 N–H and O–H groups in total. The highest BCUT2D eigenvalue weighted by Gasteiger charge is 2.49. The van der Waals surface area contributed by atoms with Crippen LogP contribution in [0.5, 0.6) is 0 Å². The Balaban J connectivity index is 2.97. The van der Waals surface area contributed by atoms with Crippen molar-refractivity contribution in [2.45, 2.75) is 64.9 Å². The summed E-state index contributed by atoms with van der Waals surface area (Å²) in [6.07, 6.45) is 6.28. The average Bonchev–Trinajstić information content (AvgIpc) is 2.43. The number of nitriles is 1. The van der Waals surface area contributed by atoms with E-state index in [2.05, 4.69) is 6.07 Å². The van der Waals surface area contributed by atoms with Crippen LogP contribution in [0.2, 0.25) is 0 Å². The van der Waals surface area contributed by atoms with Crippen LogP contribution in [0.25, 0.3) is 0 Å². The van der Waals surface area contributed by atoms with E-state index in [-0.39, 0.29) is 5.92 Å². The van der Waals surface area contributed by atoms with Crippen LogP contribution in [0, 0.1) is 22.7 Å². The summed E-state index contributed by atoms with van der Waals surface area (Å²) < 4.78 is 0. The molecule has 0 aliphatic heterocycles. The largest absolute Gasteiger partial charge is 0.388 e.